The zero-order chi connectivity index (χ0) is 19.8. The second-order valence-corrected chi connectivity index (χ2v) is 8.91. The van der Waals surface area contributed by atoms with E-state index in [1.165, 1.54) is 5.56 Å². The van der Waals surface area contributed by atoms with Gasteiger partial charge in [0.25, 0.3) is 5.91 Å². The molecule has 2 heterocycles. The van der Waals surface area contributed by atoms with Gasteiger partial charge in [0.15, 0.2) is 0 Å². The van der Waals surface area contributed by atoms with Gasteiger partial charge in [0.2, 0.25) is 0 Å². The fourth-order valence-corrected chi connectivity index (χ4v) is 3.71. The number of amides is 1. The van der Waals surface area contributed by atoms with Crippen LogP contribution in [-0.4, -0.2) is 39.7 Å². The van der Waals surface area contributed by atoms with Crippen LogP contribution in [0.3, 0.4) is 0 Å². The summed E-state index contributed by atoms with van der Waals surface area (Å²) < 4.78 is 1.84. The zero-order valence-corrected chi connectivity index (χ0v) is 18.4. The Bertz CT molecular complexity index is 797. The van der Waals surface area contributed by atoms with E-state index < -0.39 is 0 Å². The van der Waals surface area contributed by atoms with Gasteiger partial charge in [-0.3, -0.25) is 4.79 Å². The van der Waals surface area contributed by atoms with Gasteiger partial charge in [-0.15, -0.1) is 12.4 Å². The van der Waals surface area contributed by atoms with E-state index in [1.807, 2.05) is 27.9 Å². The fourth-order valence-electron chi connectivity index (χ4n) is 3.71. The Morgan fingerprint density at radius 2 is 1.75 bits per heavy atom. The van der Waals surface area contributed by atoms with Crippen molar-refractivity contribution < 1.29 is 4.79 Å². The van der Waals surface area contributed by atoms with Crippen LogP contribution in [0.25, 0.3) is 5.69 Å². The first kappa shape index (κ1) is 22.4. The number of carbonyl (C=O) groups is 1. The maximum absolute atomic E-state index is 13.3. The molecule has 1 aromatic heterocycles. The summed E-state index contributed by atoms with van der Waals surface area (Å²) in [4.78, 5) is 15.2. The normalized spacial score (nSPS) is 16.6. The third-order valence-corrected chi connectivity index (χ3v) is 5.52. The Morgan fingerprint density at radius 3 is 2.25 bits per heavy atom. The number of hydrogen-bond donors (Lipinski definition) is 1. The topological polar surface area (TPSA) is 64.2 Å². The minimum Gasteiger partial charge on any atom is -0.339 e. The number of piperidine rings is 1. The van der Waals surface area contributed by atoms with Gasteiger partial charge in [0.05, 0.1) is 16.9 Å². The largest absolute Gasteiger partial charge is 0.339 e. The van der Waals surface area contributed by atoms with Gasteiger partial charge >= 0.3 is 0 Å². The molecule has 154 valence electrons. The molecule has 28 heavy (non-hydrogen) atoms. The van der Waals surface area contributed by atoms with Crippen molar-refractivity contribution in [1.82, 2.24) is 14.7 Å². The monoisotopic (exact) mass is 404 g/mol. The van der Waals surface area contributed by atoms with Gasteiger partial charge in [0, 0.05) is 30.7 Å². The molecule has 1 unspecified atom stereocenters. The van der Waals surface area contributed by atoms with Crippen molar-refractivity contribution in [1.29, 1.82) is 0 Å². The van der Waals surface area contributed by atoms with Crippen LogP contribution in [0.5, 0.6) is 0 Å². The maximum atomic E-state index is 13.3. The smallest absolute Gasteiger partial charge is 0.257 e. The molecule has 0 saturated carbocycles. The molecule has 2 N–H and O–H groups in total. The molecule has 3 rings (SSSR count). The second-order valence-electron chi connectivity index (χ2n) is 8.91. The summed E-state index contributed by atoms with van der Waals surface area (Å²) in [5, 5.41) is 4.79. The van der Waals surface area contributed by atoms with E-state index in [-0.39, 0.29) is 29.8 Å². The van der Waals surface area contributed by atoms with Crippen LogP contribution in [0.2, 0.25) is 0 Å². The summed E-state index contributed by atoms with van der Waals surface area (Å²) in [6.07, 6.45) is 3.84. The SMILES string of the molecule is Cc1ccc(-n2cc(C(=O)N3CCC(C(C)N)CC3)c(C(C)(C)C)n2)cc1.Cl. The van der Waals surface area contributed by atoms with Gasteiger partial charge < -0.3 is 10.6 Å². The van der Waals surface area contributed by atoms with Crippen LogP contribution in [0, 0.1) is 12.8 Å². The first-order valence-corrected chi connectivity index (χ1v) is 9.89. The predicted molar refractivity (Wildman–Crippen MR) is 117 cm³/mol. The maximum Gasteiger partial charge on any atom is 0.257 e. The molecule has 0 spiro atoms. The van der Waals surface area contributed by atoms with Crippen LogP contribution in [-0.2, 0) is 5.41 Å². The Kier molecular flexibility index (Phi) is 6.94. The lowest BCUT2D eigenvalue weighted by molar-refractivity contribution is 0.0678. The van der Waals surface area contributed by atoms with Crippen LogP contribution < -0.4 is 5.73 Å². The molecule has 1 aliphatic heterocycles. The summed E-state index contributed by atoms with van der Waals surface area (Å²) in [7, 11) is 0. The van der Waals surface area contributed by atoms with E-state index in [1.54, 1.807) is 0 Å². The minimum atomic E-state index is -0.203. The average Bonchev–Trinajstić information content (AvgIpc) is 3.07. The van der Waals surface area contributed by atoms with Crippen molar-refractivity contribution in [2.24, 2.45) is 11.7 Å². The highest BCUT2D eigenvalue weighted by molar-refractivity contribution is 5.95. The summed E-state index contributed by atoms with van der Waals surface area (Å²) in [5.41, 5.74) is 9.58. The average molecular weight is 405 g/mol. The number of halogens is 1. The highest BCUT2D eigenvalue weighted by atomic mass is 35.5. The van der Waals surface area contributed by atoms with E-state index in [4.69, 9.17) is 10.8 Å². The molecule has 0 bridgehead atoms. The summed E-state index contributed by atoms with van der Waals surface area (Å²) in [6, 6.07) is 8.40. The molecule has 1 fully saturated rings. The van der Waals surface area contributed by atoms with Crippen molar-refractivity contribution in [2.45, 2.75) is 58.9 Å². The number of aromatic nitrogens is 2. The summed E-state index contributed by atoms with van der Waals surface area (Å²) >= 11 is 0. The van der Waals surface area contributed by atoms with E-state index in [0.29, 0.717) is 11.5 Å². The second kappa shape index (κ2) is 8.66. The van der Waals surface area contributed by atoms with Gasteiger partial charge in [0.1, 0.15) is 0 Å². The fraction of sp³-hybridized carbons (Fsp3) is 0.545. The van der Waals surface area contributed by atoms with Crippen LogP contribution in [0.4, 0.5) is 0 Å². The first-order chi connectivity index (χ1) is 12.7. The first-order valence-electron chi connectivity index (χ1n) is 9.89. The number of nitrogens with two attached hydrogens (primary N) is 1. The van der Waals surface area contributed by atoms with Crippen LogP contribution >= 0.6 is 12.4 Å². The van der Waals surface area contributed by atoms with Gasteiger partial charge in [-0.2, -0.15) is 5.10 Å². The van der Waals surface area contributed by atoms with Gasteiger partial charge in [-0.1, -0.05) is 38.5 Å². The molecular formula is C22H33ClN4O. The van der Waals surface area contributed by atoms with E-state index in [9.17, 15) is 4.79 Å². The molecule has 1 aliphatic rings. The van der Waals surface area contributed by atoms with Crippen molar-refractivity contribution in [3.63, 3.8) is 0 Å². The number of nitrogens with zero attached hydrogens (tertiary/aromatic N) is 3. The van der Waals surface area contributed by atoms with Gasteiger partial charge in [-0.25, -0.2) is 4.68 Å². The summed E-state index contributed by atoms with van der Waals surface area (Å²) in [6.45, 7) is 12.0. The highest BCUT2D eigenvalue weighted by Gasteiger charge is 2.31. The number of benzene rings is 1. The lowest BCUT2D eigenvalue weighted by atomic mass is 9.88. The number of carbonyl (C=O) groups excluding carboxylic acids is 1. The van der Waals surface area contributed by atoms with Crippen molar-refractivity contribution in [3.8, 4) is 5.69 Å². The van der Waals surface area contributed by atoms with Crippen molar-refractivity contribution >= 4 is 18.3 Å². The summed E-state index contributed by atoms with van der Waals surface area (Å²) in [5.74, 6) is 0.591. The van der Waals surface area contributed by atoms with Crippen LogP contribution in [0.15, 0.2) is 30.5 Å². The Balaban J connectivity index is 0.00000280. The Labute approximate surface area is 174 Å². The van der Waals surface area contributed by atoms with E-state index in [2.05, 4.69) is 46.8 Å². The minimum absolute atomic E-state index is 0. The predicted octanol–water partition coefficient (Wildman–Crippen LogP) is 4.10. The van der Waals surface area contributed by atoms with E-state index >= 15 is 0 Å². The lowest BCUT2D eigenvalue weighted by Gasteiger charge is -2.34. The number of rotatable bonds is 3. The molecule has 6 heteroatoms. The molecule has 2 aromatic rings. The van der Waals surface area contributed by atoms with Gasteiger partial charge in [-0.05, 0) is 44.7 Å². The molecule has 1 atom stereocenters. The molecule has 0 aliphatic carbocycles. The lowest BCUT2D eigenvalue weighted by Crippen LogP contribution is -2.43. The number of aryl methyl sites for hydroxylation is 1. The molecular weight excluding hydrogens is 372 g/mol. The molecule has 1 saturated heterocycles. The van der Waals surface area contributed by atoms with Crippen molar-refractivity contribution in [3.05, 3.63) is 47.3 Å². The van der Waals surface area contributed by atoms with Crippen molar-refractivity contribution in [2.75, 3.05) is 13.1 Å². The standard InChI is InChI=1S/C22H32N4O.ClH/c1-15-6-8-18(9-7-15)26-14-19(20(24-26)22(3,4)5)21(27)25-12-10-17(11-13-25)16(2)23;/h6-9,14,16-17H,10-13,23H2,1-5H3;1H. The quantitative estimate of drug-likeness (QED) is 0.837. The number of likely N-dealkylation sites (tertiary alicyclic amines) is 1. The molecule has 5 nitrogen and oxygen atoms in total. The van der Waals surface area contributed by atoms with E-state index in [0.717, 1.165) is 37.3 Å². The zero-order valence-electron chi connectivity index (χ0n) is 17.6. The highest BCUT2D eigenvalue weighted by Crippen LogP contribution is 2.28. The molecule has 0 radical (unpaired) electrons. The molecule has 1 aromatic carbocycles. The number of hydrogen-bond acceptors (Lipinski definition) is 3. The molecule has 1 amide bonds. The van der Waals surface area contributed by atoms with Crippen LogP contribution in [0.1, 0.15) is 62.2 Å². The Morgan fingerprint density at radius 1 is 1.18 bits per heavy atom. The third-order valence-electron chi connectivity index (χ3n) is 5.52. The Hall–Kier alpha value is -1.85. The third kappa shape index (κ3) is 4.76.